The average molecular weight is 464 g/mol. The molecule has 4 fully saturated rings. The topological polar surface area (TPSA) is 64.0 Å². The Hall–Kier alpha value is -2.11. The number of ether oxygens (including phenoxy) is 2. The van der Waals surface area contributed by atoms with Gasteiger partial charge in [0.1, 0.15) is 11.9 Å². The van der Waals surface area contributed by atoms with E-state index in [1.165, 1.54) is 24.8 Å². The predicted molar refractivity (Wildman–Crippen MR) is 129 cm³/mol. The van der Waals surface area contributed by atoms with Crippen LogP contribution >= 0.6 is 0 Å². The molecule has 1 N–H and O–H groups in total. The number of nitrogens with one attached hydrogen (secondary N) is 1. The highest BCUT2D eigenvalue weighted by Gasteiger charge is 2.64. The first-order valence-corrected chi connectivity index (χ1v) is 13.2. The SMILES string of the molecule is C[C@]12CCC[C@@]3(CO3)[C@@H]1C[C@H]1[C@@H](C2)OC(=O)[C@@H]1CNCC[C@H](Cc1ccccc1)c1ccco1. The minimum atomic E-state index is -0.0385. The molecule has 3 heterocycles. The smallest absolute Gasteiger partial charge is 0.310 e. The second kappa shape index (κ2) is 8.83. The molecule has 5 heteroatoms. The van der Waals surface area contributed by atoms with Gasteiger partial charge in [-0.3, -0.25) is 4.79 Å². The van der Waals surface area contributed by atoms with Crippen LogP contribution in [-0.4, -0.2) is 37.4 Å². The molecule has 1 spiro atoms. The fraction of sp³-hybridized carbons (Fsp3) is 0.621. The van der Waals surface area contributed by atoms with Gasteiger partial charge < -0.3 is 19.2 Å². The van der Waals surface area contributed by atoms with E-state index >= 15 is 0 Å². The summed E-state index contributed by atoms with van der Waals surface area (Å²) in [6, 6.07) is 14.6. The molecule has 7 atom stereocenters. The molecule has 182 valence electrons. The van der Waals surface area contributed by atoms with Crippen molar-refractivity contribution in [2.75, 3.05) is 19.7 Å². The number of hydrogen-bond acceptors (Lipinski definition) is 5. The molecule has 2 aliphatic heterocycles. The monoisotopic (exact) mass is 463 g/mol. The largest absolute Gasteiger partial charge is 0.469 e. The fourth-order valence-corrected chi connectivity index (χ4v) is 7.49. The second-order valence-electron chi connectivity index (χ2n) is 11.5. The maximum atomic E-state index is 12.9. The normalized spacial score (nSPS) is 37.1. The molecular weight excluding hydrogens is 426 g/mol. The average Bonchev–Trinajstić information content (AvgIpc) is 3.25. The van der Waals surface area contributed by atoms with Crippen molar-refractivity contribution >= 4 is 5.97 Å². The molecule has 2 saturated carbocycles. The Labute approximate surface area is 202 Å². The van der Waals surface area contributed by atoms with Crippen molar-refractivity contribution in [2.45, 2.75) is 69.5 Å². The molecule has 0 bridgehead atoms. The van der Waals surface area contributed by atoms with Crippen molar-refractivity contribution in [3.8, 4) is 0 Å². The molecule has 0 radical (unpaired) electrons. The summed E-state index contributed by atoms with van der Waals surface area (Å²) in [5, 5.41) is 3.61. The molecule has 0 unspecified atom stereocenters. The van der Waals surface area contributed by atoms with Crippen LogP contribution < -0.4 is 5.32 Å². The highest BCUT2D eigenvalue weighted by molar-refractivity contribution is 5.75. The van der Waals surface area contributed by atoms with E-state index in [-0.39, 0.29) is 29.0 Å². The summed E-state index contributed by atoms with van der Waals surface area (Å²) >= 11 is 0. The lowest BCUT2D eigenvalue weighted by Crippen LogP contribution is -2.51. The molecule has 5 nitrogen and oxygen atoms in total. The van der Waals surface area contributed by atoms with Gasteiger partial charge in [0.15, 0.2) is 0 Å². The number of carbonyl (C=O) groups is 1. The molecule has 2 saturated heterocycles. The Morgan fingerprint density at radius 1 is 1.15 bits per heavy atom. The minimum Gasteiger partial charge on any atom is -0.469 e. The van der Waals surface area contributed by atoms with Gasteiger partial charge in [0.2, 0.25) is 0 Å². The van der Waals surface area contributed by atoms with Gasteiger partial charge in [0.05, 0.1) is 24.4 Å². The fourth-order valence-electron chi connectivity index (χ4n) is 7.49. The van der Waals surface area contributed by atoms with E-state index in [0.717, 1.165) is 44.6 Å². The van der Waals surface area contributed by atoms with Crippen molar-refractivity contribution in [3.63, 3.8) is 0 Å². The highest BCUT2D eigenvalue weighted by atomic mass is 16.6. The van der Waals surface area contributed by atoms with Gasteiger partial charge in [0.25, 0.3) is 0 Å². The number of furan rings is 1. The zero-order valence-electron chi connectivity index (χ0n) is 20.2. The van der Waals surface area contributed by atoms with Crippen molar-refractivity contribution < 1.29 is 18.7 Å². The van der Waals surface area contributed by atoms with Crippen LogP contribution in [0.4, 0.5) is 0 Å². The summed E-state index contributed by atoms with van der Waals surface area (Å²) in [6.07, 6.45) is 9.51. The van der Waals surface area contributed by atoms with Crippen molar-refractivity contribution in [1.82, 2.24) is 5.32 Å². The van der Waals surface area contributed by atoms with Crippen molar-refractivity contribution in [1.29, 1.82) is 0 Å². The Morgan fingerprint density at radius 3 is 2.76 bits per heavy atom. The summed E-state index contributed by atoms with van der Waals surface area (Å²) in [4.78, 5) is 12.9. The Bertz CT molecular complexity index is 985. The molecule has 0 amide bonds. The molecule has 6 rings (SSSR count). The van der Waals surface area contributed by atoms with Crippen LogP contribution in [0.3, 0.4) is 0 Å². The standard InChI is InChI=1S/C29H37NO4/c1-28-11-6-12-29(19-33-29)26(28)16-22-23(27(31)34-25(22)17-28)18-30-13-10-21(24-9-5-14-32-24)15-20-7-3-2-4-8-20/h2-5,7-9,14,21-23,25-26,30H,6,10-13,15-19H2,1H3/t21-,22-,23-,25-,26-,28-,29-/m1/s1. The number of esters is 1. The third-order valence-electron chi connectivity index (χ3n) is 9.38. The first-order chi connectivity index (χ1) is 16.6. The predicted octanol–water partition coefficient (Wildman–Crippen LogP) is 5.11. The highest BCUT2D eigenvalue weighted by Crippen LogP contribution is 2.62. The van der Waals surface area contributed by atoms with E-state index in [9.17, 15) is 4.79 Å². The number of fused-ring (bicyclic) bond motifs is 3. The van der Waals surface area contributed by atoms with Gasteiger partial charge in [0, 0.05) is 18.4 Å². The lowest BCUT2D eigenvalue weighted by molar-refractivity contribution is -0.147. The van der Waals surface area contributed by atoms with Crippen LogP contribution in [-0.2, 0) is 20.7 Å². The second-order valence-corrected chi connectivity index (χ2v) is 11.5. The molecule has 2 aliphatic carbocycles. The Morgan fingerprint density at radius 2 is 2.00 bits per heavy atom. The quantitative estimate of drug-likeness (QED) is 0.335. The molecule has 1 aromatic heterocycles. The van der Waals surface area contributed by atoms with Crippen LogP contribution in [0.1, 0.15) is 62.7 Å². The van der Waals surface area contributed by atoms with E-state index < -0.39 is 0 Å². The molecule has 34 heavy (non-hydrogen) atoms. The van der Waals surface area contributed by atoms with Crippen LogP contribution in [0.15, 0.2) is 53.1 Å². The van der Waals surface area contributed by atoms with Crippen LogP contribution in [0.2, 0.25) is 0 Å². The van der Waals surface area contributed by atoms with Gasteiger partial charge in [-0.05, 0) is 80.5 Å². The summed E-state index contributed by atoms with van der Waals surface area (Å²) in [6.45, 7) is 4.89. The summed E-state index contributed by atoms with van der Waals surface area (Å²) < 4.78 is 17.8. The van der Waals surface area contributed by atoms with E-state index in [1.54, 1.807) is 6.26 Å². The third-order valence-corrected chi connectivity index (χ3v) is 9.38. The molecule has 4 aliphatic rings. The van der Waals surface area contributed by atoms with E-state index in [4.69, 9.17) is 13.9 Å². The summed E-state index contributed by atoms with van der Waals surface area (Å²) in [5.74, 6) is 2.21. The first-order valence-electron chi connectivity index (χ1n) is 13.2. The van der Waals surface area contributed by atoms with Gasteiger partial charge in [-0.1, -0.05) is 37.3 Å². The Balaban J connectivity index is 1.07. The van der Waals surface area contributed by atoms with Gasteiger partial charge in [-0.2, -0.15) is 0 Å². The van der Waals surface area contributed by atoms with Crippen LogP contribution in [0.25, 0.3) is 0 Å². The number of rotatable bonds is 8. The first kappa shape index (κ1) is 22.4. The maximum Gasteiger partial charge on any atom is 0.310 e. The lowest BCUT2D eigenvalue weighted by atomic mass is 9.53. The lowest BCUT2D eigenvalue weighted by Gasteiger charge is -2.51. The van der Waals surface area contributed by atoms with Crippen molar-refractivity contribution in [3.05, 3.63) is 60.1 Å². The van der Waals surface area contributed by atoms with Gasteiger partial charge in [-0.25, -0.2) is 0 Å². The minimum absolute atomic E-state index is 0.00221. The van der Waals surface area contributed by atoms with Crippen LogP contribution in [0, 0.1) is 23.2 Å². The molecular formula is C29H37NO4. The summed E-state index contributed by atoms with van der Waals surface area (Å²) in [5.41, 5.74) is 1.68. The van der Waals surface area contributed by atoms with Gasteiger partial charge in [-0.15, -0.1) is 0 Å². The number of hydrogen-bond donors (Lipinski definition) is 1. The Kier molecular flexibility index (Phi) is 5.81. The summed E-state index contributed by atoms with van der Waals surface area (Å²) in [7, 11) is 0. The van der Waals surface area contributed by atoms with E-state index in [0.29, 0.717) is 24.3 Å². The van der Waals surface area contributed by atoms with Gasteiger partial charge >= 0.3 is 5.97 Å². The number of epoxide rings is 1. The molecule has 1 aromatic carbocycles. The zero-order chi connectivity index (χ0) is 23.2. The number of benzene rings is 1. The third kappa shape index (κ3) is 4.11. The van der Waals surface area contributed by atoms with E-state index in [2.05, 4.69) is 48.6 Å². The molecule has 2 aromatic rings. The zero-order valence-corrected chi connectivity index (χ0v) is 20.2. The van der Waals surface area contributed by atoms with Crippen molar-refractivity contribution in [2.24, 2.45) is 23.2 Å². The number of carbonyl (C=O) groups excluding carboxylic acids is 1. The van der Waals surface area contributed by atoms with Crippen LogP contribution in [0.5, 0.6) is 0 Å². The maximum absolute atomic E-state index is 12.9. The van der Waals surface area contributed by atoms with E-state index in [1.807, 2.05) is 6.07 Å².